The highest BCUT2D eigenvalue weighted by molar-refractivity contribution is 5.86. The number of fused-ring (bicyclic) bond motifs is 1. The molecule has 0 heterocycles. The molecule has 3 fully saturated rings. The fraction of sp³-hybridized carbons (Fsp3) is 0.500. The van der Waals surface area contributed by atoms with Gasteiger partial charge in [-0.3, -0.25) is 14.5 Å². The summed E-state index contributed by atoms with van der Waals surface area (Å²) in [5, 5.41) is 14.8. The van der Waals surface area contributed by atoms with Gasteiger partial charge in [-0.1, -0.05) is 42.5 Å². The van der Waals surface area contributed by atoms with E-state index in [0.717, 1.165) is 25.8 Å². The van der Waals surface area contributed by atoms with Gasteiger partial charge in [0.1, 0.15) is 0 Å². The van der Waals surface area contributed by atoms with Crippen molar-refractivity contribution in [3.8, 4) is 0 Å². The lowest BCUT2D eigenvalue weighted by Crippen LogP contribution is -2.55. The Balaban J connectivity index is 1.12. The van der Waals surface area contributed by atoms with Crippen molar-refractivity contribution >= 4 is 22.6 Å². The number of carboxylic acid groups (broad SMARTS) is 1. The van der Waals surface area contributed by atoms with Gasteiger partial charge in [-0.15, -0.1) is 0 Å². The van der Waals surface area contributed by atoms with Gasteiger partial charge in [0.15, 0.2) is 0 Å². The third-order valence-corrected chi connectivity index (χ3v) is 6.83. The highest BCUT2D eigenvalue weighted by Crippen LogP contribution is 2.48. The summed E-state index contributed by atoms with van der Waals surface area (Å²) in [4.78, 5) is 25.9. The highest BCUT2D eigenvalue weighted by Gasteiger charge is 2.46. The Morgan fingerprint density at radius 2 is 1.79 bits per heavy atom. The number of carboxylic acids is 1. The predicted octanol–water partition coefficient (Wildman–Crippen LogP) is 3.39. The van der Waals surface area contributed by atoms with E-state index in [1.165, 1.54) is 29.2 Å². The number of carbonyl (C=O) groups excluding carboxylic acids is 1. The lowest BCUT2D eigenvalue weighted by molar-refractivity contribution is -0.140. The molecule has 2 N–H and O–H groups in total. The number of amides is 1. The average molecular weight is 392 g/mol. The maximum Gasteiger partial charge on any atom is 0.317 e. The molecule has 3 aliphatic carbocycles. The van der Waals surface area contributed by atoms with E-state index in [2.05, 4.69) is 40.5 Å². The minimum atomic E-state index is -0.755. The second kappa shape index (κ2) is 7.45. The van der Waals surface area contributed by atoms with Gasteiger partial charge in [-0.05, 0) is 60.3 Å². The zero-order valence-electron chi connectivity index (χ0n) is 16.6. The minimum Gasteiger partial charge on any atom is -0.480 e. The van der Waals surface area contributed by atoms with Crippen molar-refractivity contribution in [3.63, 3.8) is 0 Å². The molecule has 29 heavy (non-hydrogen) atoms. The lowest BCUT2D eigenvalue weighted by atomic mass is 9.85. The van der Waals surface area contributed by atoms with E-state index < -0.39 is 5.97 Å². The molecule has 0 radical (unpaired) electrons. The molecule has 0 saturated heterocycles. The van der Waals surface area contributed by atoms with Crippen LogP contribution in [0.3, 0.4) is 0 Å². The van der Waals surface area contributed by atoms with Gasteiger partial charge in [-0.25, -0.2) is 0 Å². The Hall–Kier alpha value is -2.40. The summed E-state index contributed by atoms with van der Waals surface area (Å²) in [5.41, 5.74) is 1.26. The Morgan fingerprint density at radius 3 is 2.52 bits per heavy atom. The van der Waals surface area contributed by atoms with Gasteiger partial charge < -0.3 is 10.4 Å². The first-order valence-electron chi connectivity index (χ1n) is 10.8. The molecule has 3 saturated carbocycles. The molecule has 0 bridgehead atoms. The fourth-order valence-electron chi connectivity index (χ4n) is 4.75. The molecule has 5 heteroatoms. The topological polar surface area (TPSA) is 69.6 Å². The number of rotatable bonds is 8. The van der Waals surface area contributed by atoms with Crippen molar-refractivity contribution < 1.29 is 14.7 Å². The van der Waals surface area contributed by atoms with Crippen LogP contribution in [0.25, 0.3) is 10.8 Å². The van der Waals surface area contributed by atoms with Gasteiger partial charge in [0.05, 0.1) is 6.54 Å². The van der Waals surface area contributed by atoms with E-state index in [4.69, 9.17) is 0 Å². The summed E-state index contributed by atoms with van der Waals surface area (Å²) in [6, 6.07) is 15.3. The Labute approximate surface area is 171 Å². The largest absolute Gasteiger partial charge is 0.480 e. The molecule has 152 valence electrons. The summed E-state index contributed by atoms with van der Waals surface area (Å²) in [7, 11) is 0. The van der Waals surface area contributed by atoms with E-state index in [1.807, 2.05) is 12.1 Å². The van der Waals surface area contributed by atoms with E-state index in [9.17, 15) is 14.7 Å². The van der Waals surface area contributed by atoms with E-state index in [0.29, 0.717) is 17.9 Å². The fourth-order valence-corrected chi connectivity index (χ4v) is 4.75. The number of nitrogens with one attached hydrogen (secondary N) is 1. The molecule has 2 unspecified atom stereocenters. The maximum atomic E-state index is 12.7. The van der Waals surface area contributed by atoms with E-state index in [1.54, 1.807) is 0 Å². The Bertz CT molecular complexity index is 933. The van der Waals surface area contributed by atoms with Gasteiger partial charge in [0.2, 0.25) is 5.91 Å². The standard InChI is InChI=1S/C24H28N2O3/c27-23(28)14-26(13-15-5-6-15)20-10-19(11-20)25-24(29)22-12-21(22)18-8-7-16-3-1-2-4-17(16)9-18/h1-4,7-9,15,19-22H,5-6,10-14H2,(H,25,29)(H,27,28). The minimum absolute atomic E-state index is 0.0804. The molecular weight excluding hydrogens is 364 g/mol. The monoisotopic (exact) mass is 392 g/mol. The lowest BCUT2D eigenvalue weighted by Gasteiger charge is -2.42. The average Bonchev–Trinajstić information content (AvgIpc) is 3.57. The summed E-state index contributed by atoms with van der Waals surface area (Å²) in [6.07, 6.45) is 5.12. The molecular formula is C24H28N2O3. The molecule has 2 atom stereocenters. The van der Waals surface area contributed by atoms with Crippen LogP contribution >= 0.6 is 0 Å². The molecule has 1 amide bonds. The highest BCUT2D eigenvalue weighted by atomic mass is 16.4. The van der Waals surface area contributed by atoms with Crippen molar-refractivity contribution in [2.75, 3.05) is 13.1 Å². The smallest absolute Gasteiger partial charge is 0.317 e. The van der Waals surface area contributed by atoms with Crippen LogP contribution in [-0.4, -0.2) is 47.1 Å². The van der Waals surface area contributed by atoms with Crippen molar-refractivity contribution in [1.29, 1.82) is 0 Å². The van der Waals surface area contributed by atoms with Crippen LogP contribution in [0.15, 0.2) is 42.5 Å². The van der Waals surface area contributed by atoms with Crippen molar-refractivity contribution in [2.45, 2.75) is 50.1 Å². The zero-order chi connectivity index (χ0) is 20.0. The third kappa shape index (κ3) is 4.15. The van der Waals surface area contributed by atoms with Gasteiger partial charge >= 0.3 is 5.97 Å². The van der Waals surface area contributed by atoms with Crippen LogP contribution in [0.2, 0.25) is 0 Å². The maximum absolute atomic E-state index is 12.7. The number of carbonyl (C=O) groups is 2. The first-order valence-corrected chi connectivity index (χ1v) is 10.8. The van der Waals surface area contributed by atoms with Crippen LogP contribution in [-0.2, 0) is 9.59 Å². The number of nitrogens with zero attached hydrogens (tertiary/aromatic N) is 1. The summed E-state index contributed by atoms with van der Waals surface area (Å²) in [6.45, 7) is 1.01. The van der Waals surface area contributed by atoms with Gasteiger partial charge in [-0.2, -0.15) is 0 Å². The van der Waals surface area contributed by atoms with Crippen molar-refractivity contribution in [2.24, 2.45) is 11.8 Å². The second-order valence-corrected chi connectivity index (χ2v) is 9.15. The van der Waals surface area contributed by atoms with Crippen molar-refractivity contribution in [3.05, 3.63) is 48.0 Å². The van der Waals surface area contributed by atoms with Crippen LogP contribution in [0, 0.1) is 11.8 Å². The first kappa shape index (κ1) is 18.6. The van der Waals surface area contributed by atoms with E-state index >= 15 is 0 Å². The van der Waals surface area contributed by atoms with Gasteiger partial charge in [0, 0.05) is 24.5 Å². The molecule has 5 rings (SSSR count). The van der Waals surface area contributed by atoms with Crippen LogP contribution in [0.5, 0.6) is 0 Å². The normalized spacial score (nSPS) is 28.2. The summed E-state index contributed by atoms with van der Waals surface area (Å²) >= 11 is 0. The molecule has 2 aromatic carbocycles. The number of hydrogen-bond acceptors (Lipinski definition) is 3. The summed E-state index contributed by atoms with van der Waals surface area (Å²) < 4.78 is 0. The van der Waals surface area contributed by atoms with Crippen LogP contribution < -0.4 is 5.32 Å². The number of aliphatic carboxylic acids is 1. The number of benzene rings is 2. The zero-order valence-corrected chi connectivity index (χ0v) is 16.6. The van der Waals surface area contributed by atoms with Crippen LogP contribution in [0.1, 0.15) is 43.6 Å². The Kier molecular flexibility index (Phi) is 4.78. The first-order chi connectivity index (χ1) is 14.1. The third-order valence-electron chi connectivity index (χ3n) is 6.83. The quantitative estimate of drug-likeness (QED) is 0.723. The van der Waals surface area contributed by atoms with E-state index in [-0.39, 0.29) is 24.4 Å². The predicted molar refractivity (Wildman–Crippen MR) is 112 cm³/mol. The Morgan fingerprint density at radius 1 is 1.03 bits per heavy atom. The SMILES string of the molecule is O=C(O)CN(CC1CC1)C1CC(NC(=O)C2CC2c2ccc3ccccc3c2)C1. The molecule has 3 aliphatic rings. The molecule has 0 spiro atoms. The molecule has 2 aromatic rings. The molecule has 0 aliphatic heterocycles. The van der Waals surface area contributed by atoms with Gasteiger partial charge in [0.25, 0.3) is 0 Å². The number of hydrogen-bond donors (Lipinski definition) is 2. The molecule has 5 nitrogen and oxygen atoms in total. The summed E-state index contributed by atoms with van der Waals surface area (Å²) in [5.74, 6) is 0.496. The second-order valence-electron chi connectivity index (χ2n) is 9.15. The molecule has 0 aromatic heterocycles. The van der Waals surface area contributed by atoms with Crippen molar-refractivity contribution in [1.82, 2.24) is 10.2 Å². The van der Waals surface area contributed by atoms with Crippen LogP contribution in [0.4, 0.5) is 0 Å².